The Balaban J connectivity index is 2.04. The van der Waals surface area contributed by atoms with Crippen LogP contribution in [0, 0.1) is 12.7 Å². The van der Waals surface area contributed by atoms with Crippen molar-refractivity contribution in [1.29, 1.82) is 0 Å². The van der Waals surface area contributed by atoms with Gasteiger partial charge in [-0.05, 0) is 31.9 Å². The highest BCUT2D eigenvalue weighted by Crippen LogP contribution is 2.28. The van der Waals surface area contributed by atoms with Crippen molar-refractivity contribution in [2.75, 3.05) is 11.9 Å². The molecule has 1 aliphatic carbocycles. The van der Waals surface area contributed by atoms with Gasteiger partial charge in [-0.3, -0.25) is 4.79 Å². The minimum Gasteiger partial charge on any atom is -0.481 e. The van der Waals surface area contributed by atoms with Gasteiger partial charge in [-0.2, -0.15) is 0 Å². The summed E-state index contributed by atoms with van der Waals surface area (Å²) in [5.74, 6) is -1.32. The third kappa shape index (κ3) is 3.46. The van der Waals surface area contributed by atoms with Crippen molar-refractivity contribution in [2.24, 2.45) is 0 Å². The first-order valence-corrected chi connectivity index (χ1v) is 6.53. The number of nitrogens with zero attached hydrogens (tertiary/aromatic N) is 1. The fraction of sp³-hybridized carbons (Fsp3) is 0.429. The number of carbonyl (C=O) groups is 2. The highest BCUT2D eigenvalue weighted by Gasteiger charge is 2.32. The van der Waals surface area contributed by atoms with E-state index in [1.807, 2.05) is 0 Å². The average molecular weight is 280 g/mol. The molecule has 0 saturated heterocycles. The number of carboxylic acids is 1. The molecule has 0 aromatic heterocycles. The molecule has 108 valence electrons. The van der Waals surface area contributed by atoms with Crippen molar-refractivity contribution >= 4 is 17.7 Å². The van der Waals surface area contributed by atoms with E-state index < -0.39 is 5.97 Å². The van der Waals surface area contributed by atoms with Gasteiger partial charge >= 0.3 is 12.0 Å². The van der Waals surface area contributed by atoms with Crippen LogP contribution < -0.4 is 5.32 Å². The highest BCUT2D eigenvalue weighted by atomic mass is 19.1. The van der Waals surface area contributed by atoms with Gasteiger partial charge in [-0.1, -0.05) is 6.07 Å². The van der Waals surface area contributed by atoms with E-state index in [-0.39, 0.29) is 30.9 Å². The third-order valence-electron chi connectivity index (χ3n) is 3.32. The molecule has 6 heteroatoms. The van der Waals surface area contributed by atoms with Crippen LogP contribution in [0.2, 0.25) is 0 Å². The summed E-state index contributed by atoms with van der Waals surface area (Å²) in [5.41, 5.74) is 0.783. The Morgan fingerprint density at radius 1 is 1.45 bits per heavy atom. The average Bonchev–Trinajstić information content (AvgIpc) is 3.19. The van der Waals surface area contributed by atoms with Crippen LogP contribution in [0.1, 0.15) is 24.8 Å². The molecule has 2 N–H and O–H groups in total. The maximum Gasteiger partial charge on any atom is 0.322 e. The number of hydrogen-bond acceptors (Lipinski definition) is 2. The summed E-state index contributed by atoms with van der Waals surface area (Å²) in [7, 11) is 0. The largest absolute Gasteiger partial charge is 0.481 e. The van der Waals surface area contributed by atoms with Crippen LogP contribution in [0.4, 0.5) is 14.9 Å². The Morgan fingerprint density at radius 2 is 2.15 bits per heavy atom. The van der Waals surface area contributed by atoms with Crippen molar-refractivity contribution < 1.29 is 19.1 Å². The molecule has 0 radical (unpaired) electrons. The molecule has 0 bridgehead atoms. The molecular weight excluding hydrogens is 263 g/mol. The summed E-state index contributed by atoms with van der Waals surface area (Å²) in [6, 6.07) is 4.20. The monoisotopic (exact) mass is 280 g/mol. The molecule has 5 nitrogen and oxygen atoms in total. The van der Waals surface area contributed by atoms with Crippen LogP contribution in [0.25, 0.3) is 0 Å². The molecule has 2 rings (SSSR count). The van der Waals surface area contributed by atoms with Gasteiger partial charge in [0.2, 0.25) is 0 Å². The van der Waals surface area contributed by atoms with Crippen molar-refractivity contribution in [3.63, 3.8) is 0 Å². The van der Waals surface area contributed by atoms with Gasteiger partial charge in [-0.15, -0.1) is 0 Å². The molecular formula is C14H17FN2O3. The highest BCUT2D eigenvalue weighted by molar-refractivity contribution is 5.90. The number of anilines is 1. The second kappa shape index (κ2) is 5.90. The molecule has 0 spiro atoms. The number of hydrogen-bond donors (Lipinski definition) is 2. The minimum atomic E-state index is -0.939. The van der Waals surface area contributed by atoms with Crippen LogP contribution in [0.15, 0.2) is 18.2 Å². The minimum absolute atomic E-state index is 0.0912. The van der Waals surface area contributed by atoms with Gasteiger partial charge in [0.25, 0.3) is 0 Å². The van der Waals surface area contributed by atoms with Gasteiger partial charge in [0, 0.05) is 23.8 Å². The predicted octanol–water partition coefficient (Wildman–Crippen LogP) is 2.61. The van der Waals surface area contributed by atoms with Gasteiger partial charge < -0.3 is 15.3 Å². The summed E-state index contributed by atoms with van der Waals surface area (Å²) >= 11 is 0. The maximum atomic E-state index is 13.4. The lowest BCUT2D eigenvalue weighted by Crippen LogP contribution is -2.38. The van der Waals surface area contributed by atoms with Gasteiger partial charge in [-0.25, -0.2) is 9.18 Å². The predicted molar refractivity (Wildman–Crippen MR) is 72.1 cm³/mol. The Hall–Kier alpha value is -2.11. The van der Waals surface area contributed by atoms with E-state index in [4.69, 9.17) is 5.11 Å². The first-order chi connectivity index (χ1) is 9.49. The van der Waals surface area contributed by atoms with E-state index >= 15 is 0 Å². The molecule has 0 heterocycles. The van der Waals surface area contributed by atoms with E-state index in [0.717, 1.165) is 12.8 Å². The Kier molecular flexibility index (Phi) is 4.22. The standard InChI is InChI=1S/C14H17FN2O3/c1-9-11(15)3-2-4-12(9)16-14(20)17(10-5-6-10)8-7-13(18)19/h2-4,10H,5-8H2,1H3,(H,16,20)(H,18,19). The Bertz CT molecular complexity index is 529. The van der Waals surface area contributed by atoms with E-state index in [9.17, 15) is 14.0 Å². The number of urea groups is 1. The number of nitrogens with one attached hydrogen (secondary N) is 1. The summed E-state index contributed by atoms with van der Waals surface area (Å²) in [4.78, 5) is 24.3. The van der Waals surface area contributed by atoms with Crippen LogP contribution in [0.3, 0.4) is 0 Å². The van der Waals surface area contributed by atoms with Gasteiger partial charge in [0.05, 0.1) is 6.42 Å². The smallest absolute Gasteiger partial charge is 0.322 e. The first kappa shape index (κ1) is 14.3. The molecule has 0 aliphatic heterocycles. The van der Waals surface area contributed by atoms with Crippen LogP contribution in [0.5, 0.6) is 0 Å². The molecule has 1 aromatic carbocycles. The molecule has 1 aliphatic rings. The summed E-state index contributed by atoms with van der Waals surface area (Å²) in [6.45, 7) is 1.75. The number of halogens is 1. The number of amides is 2. The first-order valence-electron chi connectivity index (χ1n) is 6.53. The molecule has 0 unspecified atom stereocenters. The molecule has 1 saturated carbocycles. The second-order valence-electron chi connectivity index (χ2n) is 4.91. The summed E-state index contributed by atoms with van der Waals surface area (Å²) in [5, 5.41) is 11.4. The zero-order valence-corrected chi connectivity index (χ0v) is 11.2. The number of aliphatic carboxylic acids is 1. The zero-order chi connectivity index (χ0) is 14.7. The molecule has 20 heavy (non-hydrogen) atoms. The van der Waals surface area contributed by atoms with Crippen molar-refractivity contribution in [1.82, 2.24) is 4.90 Å². The lowest BCUT2D eigenvalue weighted by molar-refractivity contribution is -0.137. The molecule has 2 amide bonds. The van der Waals surface area contributed by atoms with Crippen molar-refractivity contribution in [2.45, 2.75) is 32.2 Å². The second-order valence-corrected chi connectivity index (χ2v) is 4.91. The zero-order valence-electron chi connectivity index (χ0n) is 11.2. The molecule has 0 atom stereocenters. The Labute approximate surface area is 116 Å². The normalized spacial score (nSPS) is 13.9. The molecule has 1 aromatic rings. The Morgan fingerprint density at radius 3 is 2.75 bits per heavy atom. The molecule has 1 fully saturated rings. The number of rotatable bonds is 5. The fourth-order valence-corrected chi connectivity index (χ4v) is 1.98. The van der Waals surface area contributed by atoms with Crippen LogP contribution in [-0.4, -0.2) is 34.6 Å². The number of carbonyl (C=O) groups excluding carboxylic acids is 1. The van der Waals surface area contributed by atoms with E-state index in [0.29, 0.717) is 11.3 Å². The van der Waals surface area contributed by atoms with E-state index in [1.54, 1.807) is 13.0 Å². The quantitative estimate of drug-likeness (QED) is 0.871. The lowest BCUT2D eigenvalue weighted by Gasteiger charge is -2.22. The van der Waals surface area contributed by atoms with Crippen molar-refractivity contribution in [3.8, 4) is 0 Å². The summed E-state index contributed by atoms with van der Waals surface area (Å²) in [6.07, 6.45) is 1.68. The van der Waals surface area contributed by atoms with Gasteiger partial charge in [0.15, 0.2) is 0 Å². The van der Waals surface area contributed by atoms with Crippen LogP contribution >= 0.6 is 0 Å². The van der Waals surface area contributed by atoms with Crippen molar-refractivity contribution in [3.05, 3.63) is 29.6 Å². The third-order valence-corrected chi connectivity index (χ3v) is 3.32. The number of carboxylic acid groups (broad SMARTS) is 1. The fourth-order valence-electron chi connectivity index (χ4n) is 1.98. The van der Waals surface area contributed by atoms with E-state index in [1.165, 1.54) is 17.0 Å². The summed E-state index contributed by atoms with van der Waals surface area (Å²) < 4.78 is 13.4. The van der Waals surface area contributed by atoms with Gasteiger partial charge in [0.1, 0.15) is 5.82 Å². The maximum absolute atomic E-state index is 13.4. The lowest BCUT2D eigenvalue weighted by atomic mass is 10.2. The number of benzene rings is 1. The van der Waals surface area contributed by atoms with Crippen LogP contribution in [-0.2, 0) is 4.79 Å². The van der Waals surface area contributed by atoms with E-state index in [2.05, 4.69) is 5.32 Å². The topological polar surface area (TPSA) is 69.6 Å². The SMILES string of the molecule is Cc1c(F)cccc1NC(=O)N(CCC(=O)O)C1CC1.